The number of piperidine rings is 1. The molecule has 3 fully saturated rings. The van der Waals surface area contributed by atoms with Crippen molar-refractivity contribution in [2.45, 2.75) is 227 Å². The predicted octanol–water partition coefficient (Wildman–Crippen LogP) is 15.3. The summed E-state index contributed by atoms with van der Waals surface area (Å²) in [7, 11) is 0. The number of aliphatic imine (C=N–C) groups is 1. The second-order valence-electron chi connectivity index (χ2n) is 30.0. The molecule has 1 aliphatic carbocycles. The number of isocyanates is 1. The number of imidazole rings is 3. The number of amides is 5. The number of hydrogen-bond acceptors (Lipinski definition) is 13. The summed E-state index contributed by atoms with van der Waals surface area (Å²) >= 11 is 9.53. The van der Waals surface area contributed by atoms with Gasteiger partial charge in [0.15, 0.2) is 0 Å². The molecule has 23 nitrogen and oxygen atoms in total. The van der Waals surface area contributed by atoms with Crippen LogP contribution in [0.15, 0.2) is 176 Å². The van der Waals surface area contributed by atoms with E-state index in [9.17, 15) is 33.9 Å². The maximum Gasteiger partial charge on any atom is 1.00 e. The van der Waals surface area contributed by atoms with Gasteiger partial charge in [-0.15, -0.1) is 23.2 Å². The molecule has 2 saturated heterocycles. The Labute approximate surface area is 702 Å². The SMILES string of the molecule is C1CCOC1.CC(C)c1cccc(C(C)C)c1N=C=O.CC(C)c1cccc(C(C)C)c1NC(=O)NC(Cn1ccnc1)C(=O)N1CCC(Cc2ccccc2)CC1.CC(C)c1cccc(C(C)C)c1NC(=O)NC(Cn1ccnc1)C(=O)O.ClCCl.NC(Cn1ccnc1)C(=O)O.[Na+].[OH-].c1ccc(CC2CCCCC2)cc1. The van der Waals surface area contributed by atoms with Crippen molar-refractivity contribution in [3.63, 3.8) is 0 Å². The molecule has 113 heavy (non-hydrogen) atoms. The standard InChI is InChI=1S/C31H41N5O2.C19H26N4O3.C13H17NO.C13H18.C6H9N3O2.C4H8O.CH2Cl2.Na.H2O/c1-22(2)26-11-8-12-27(23(3)4)29(26)34-31(38)33-28(20-35-18-15-32-21-35)30(37)36-16-13-25(14-17-36)19-24-9-6-5-7-10-24;1-12(2)14-6-5-7-15(13(3)4)17(14)22-19(26)21-16(18(24)25)10-23-9-8-20-11-23;1-9(2)11-6-5-7-12(10(3)4)13(11)14-8-15;1-3-7-12(8-4-1)11-13-9-5-2-6-10-13;7-5(6(10)11)3-9-2-1-8-4-9;1-2-4-5-3-1;2-1-3;;/h5-12,15,18,21-23,25,28H,13-14,16-17,19-20H2,1-4H3,(H2,33,34,38);5-9,11-13,16H,10H2,1-4H3,(H,24,25)(H2,21,22,26);5-7,9-10H,1-4H3;1,3-4,7-8,13H,2,5-6,9-11H2;1-2,4-5H,3,7H2,(H,10,11);1-4H2;1H2;;1H2/q;;;;;;;+1;/p-1. The van der Waals surface area contributed by atoms with Crippen molar-refractivity contribution < 1.29 is 78.8 Å². The first-order valence-corrected chi connectivity index (χ1v) is 40.1. The quantitative estimate of drug-likeness (QED) is 0.0128. The number of aliphatic carboxylic acids is 2. The molecule has 26 heteroatoms. The van der Waals surface area contributed by atoms with Gasteiger partial charge in [0.1, 0.15) is 18.1 Å². The zero-order valence-electron chi connectivity index (χ0n) is 68.6. The fraction of sp³-hybridized carbons (Fsp3) is 0.483. The number of anilines is 2. The molecule has 3 unspecified atom stereocenters. The van der Waals surface area contributed by atoms with Crippen LogP contribution < -0.4 is 56.6 Å². The van der Waals surface area contributed by atoms with Crippen LogP contribution in [0.5, 0.6) is 0 Å². The van der Waals surface area contributed by atoms with E-state index in [2.05, 4.69) is 191 Å². The molecule has 3 aromatic heterocycles. The zero-order chi connectivity index (χ0) is 81.2. The molecule has 11 rings (SSSR count). The fourth-order valence-corrected chi connectivity index (χ4v) is 13.3. The van der Waals surface area contributed by atoms with E-state index in [1.54, 1.807) is 52.5 Å². The third kappa shape index (κ3) is 35.8. The van der Waals surface area contributed by atoms with Crippen LogP contribution in [0.3, 0.4) is 0 Å². The Kier molecular flexibility index (Phi) is 47.5. The normalized spacial score (nSPS) is 13.9. The summed E-state index contributed by atoms with van der Waals surface area (Å²) in [6.07, 6.45) is 30.4. The van der Waals surface area contributed by atoms with Gasteiger partial charge in [0, 0.05) is 81.4 Å². The number of halogens is 2. The monoisotopic (exact) mass is 1600 g/mol. The number of carboxylic acid groups (broad SMARTS) is 2. The number of nitrogens with zero attached hydrogens (tertiary/aromatic N) is 8. The van der Waals surface area contributed by atoms with Crippen LogP contribution in [0.2, 0.25) is 0 Å². The Morgan fingerprint density at radius 1 is 0.504 bits per heavy atom. The van der Waals surface area contributed by atoms with Crippen molar-refractivity contribution in [2.75, 3.05) is 42.3 Å². The first-order chi connectivity index (χ1) is 53.2. The summed E-state index contributed by atoms with van der Waals surface area (Å²) in [4.78, 5) is 89.2. The second kappa shape index (κ2) is 54.3. The third-order valence-corrected chi connectivity index (χ3v) is 19.3. The van der Waals surface area contributed by atoms with Crippen molar-refractivity contribution in [1.82, 2.24) is 44.2 Å². The zero-order valence-corrected chi connectivity index (χ0v) is 72.1. The molecular weight excluding hydrogens is 1480 g/mol. The predicted molar refractivity (Wildman–Crippen MR) is 448 cm³/mol. The van der Waals surface area contributed by atoms with Crippen LogP contribution in [0.4, 0.5) is 26.7 Å². The number of hydrogen-bond donors (Lipinski definition) is 7. The van der Waals surface area contributed by atoms with E-state index in [1.807, 2.05) is 64.2 Å². The average molecular weight is 1600 g/mol. The molecule has 3 atom stereocenters. The summed E-state index contributed by atoms with van der Waals surface area (Å²) in [6, 6.07) is 36.1. The number of nitrogens with two attached hydrogens (primary N) is 1. The van der Waals surface area contributed by atoms with E-state index in [-0.39, 0.29) is 89.1 Å². The van der Waals surface area contributed by atoms with Crippen LogP contribution in [0.1, 0.15) is 221 Å². The van der Waals surface area contributed by atoms with E-state index in [0.29, 0.717) is 37.4 Å². The Morgan fingerprint density at radius 2 is 0.858 bits per heavy atom. The van der Waals surface area contributed by atoms with Crippen LogP contribution in [0, 0.1) is 11.8 Å². The Bertz CT molecular complexity index is 3930. The van der Waals surface area contributed by atoms with Gasteiger partial charge in [-0.25, -0.2) is 34.1 Å². The van der Waals surface area contributed by atoms with Crippen molar-refractivity contribution >= 4 is 76.3 Å². The van der Waals surface area contributed by atoms with E-state index in [0.717, 1.165) is 88.8 Å². The molecule has 0 bridgehead atoms. The van der Waals surface area contributed by atoms with Gasteiger partial charge in [-0.2, -0.15) is 4.99 Å². The van der Waals surface area contributed by atoms with Gasteiger partial charge in [-0.3, -0.25) is 9.59 Å². The van der Waals surface area contributed by atoms with Crippen LogP contribution in [-0.4, -0.2) is 135 Å². The number of para-hydroxylation sites is 3. The Balaban J connectivity index is 0.000000380. The van der Waals surface area contributed by atoms with E-state index in [4.69, 9.17) is 38.8 Å². The topological polar surface area (TPSA) is 325 Å². The largest absolute Gasteiger partial charge is 1.00 e. The number of rotatable bonds is 24. The van der Waals surface area contributed by atoms with Gasteiger partial charge in [0.25, 0.3) is 0 Å². The van der Waals surface area contributed by atoms with Crippen LogP contribution in [0.25, 0.3) is 0 Å². The first-order valence-electron chi connectivity index (χ1n) is 39.0. The summed E-state index contributed by atoms with van der Waals surface area (Å²) < 4.78 is 10.0. The molecule has 1 saturated carbocycles. The number of carboxylic acids is 2. The third-order valence-electron chi connectivity index (χ3n) is 19.3. The molecule has 5 aromatic carbocycles. The summed E-state index contributed by atoms with van der Waals surface area (Å²) in [5.74, 6) is 1.08. The number of likely N-dealkylation sites (tertiary alicyclic amines) is 1. The van der Waals surface area contributed by atoms with Crippen molar-refractivity contribution in [1.29, 1.82) is 0 Å². The number of benzene rings is 5. The number of aromatic nitrogens is 6. The van der Waals surface area contributed by atoms with Gasteiger partial charge in [0.05, 0.1) is 43.1 Å². The van der Waals surface area contributed by atoms with Crippen LogP contribution in [-0.2, 0) is 56.4 Å². The minimum Gasteiger partial charge on any atom is -0.870 e. The van der Waals surface area contributed by atoms with Crippen molar-refractivity contribution in [3.8, 4) is 0 Å². The fourth-order valence-electron chi connectivity index (χ4n) is 13.3. The number of ether oxygens (including phenoxy) is 1. The van der Waals surface area contributed by atoms with Crippen LogP contribution >= 0.6 is 23.2 Å². The summed E-state index contributed by atoms with van der Waals surface area (Å²) in [5.41, 5.74) is 17.0. The maximum atomic E-state index is 13.7. The number of urea groups is 2. The average Bonchev–Trinajstić information content (AvgIpc) is 1.51. The molecule has 0 spiro atoms. The molecule has 9 N–H and O–H groups in total. The molecule has 610 valence electrons. The molecule has 0 radical (unpaired) electrons. The van der Waals surface area contributed by atoms with Gasteiger partial charge in [0.2, 0.25) is 12.0 Å². The summed E-state index contributed by atoms with van der Waals surface area (Å²) in [6.45, 7) is 29.2. The number of alkyl halides is 2. The van der Waals surface area contributed by atoms with Gasteiger partial charge >= 0.3 is 53.6 Å². The van der Waals surface area contributed by atoms with E-state index in [1.165, 1.54) is 75.1 Å². The Morgan fingerprint density at radius 3 is 1.19 bits per heavy atom. The van der Waals surface area contributed by atoms with Gasteiger partial charge in [-0.1, -0.05) is 230 Å². The molecule has 3 aliphatic rings. The van der Waals surface area contributed by atoms with Gasteiger partial charge in [-0.05, 0) is 130 Å². The molecule has 5 amide bonds. The van der Waals surface area contributed by atoms with Crippen molar-refractivity contribution in [2.24, 2.45) is 22.6 Å². The smallest absolute Gasteiger partial charge is 0.870 e. The number of carbonyl (C=O) groups excluding carboxylic acids is 4. The molecule has 2 aliphatic heterocycles. The minimum atomic E-state index is -1.10. The molecular formula is C87H122Cl2N13NaO10. The molecule has 8 aromatic rings. The minimum absolute atomic E-state index is 0. The Hall–Kier alpha value is -8.48. The number of carbonyl (C=O) groups is 5. The van der Waals surface area contributed by atoms with E-state index < -0.39 is 36.1 Å². The van der Waals surface area contributed by atoms with E-state index >= 15 is 0 Å². The maximum absolute atomic E-state index is 13.7. The number of nitrogens with one attached hydrogen (secondary N) is 4. The van der Waals surface area contributed by atoms with Crippen molar-refractivity contribution in [3.05, 3.63) is 216 Å². The second-order valence-corrected chi connectivity index (χ2v) is 30.8. The van der Waals surface area contributed by atoms with Gasteiger partial charge < -0.3 is 66.0 Å². The summed E-state index contributed by atoms with van der Waals surface area (Å²) in [5, 5.41) is 29.5. The molecule has 5 heterocycles. The first kappa shape index (κ1) is 98.7.